The molecule has 1 aliphatic rings. The molecule has 0 saturated carbocycles. The van der Waals surface area contributed by atoms with Crippen LogP contribution in [-0.2, 0) is 19.6 Å². The van der Waals surface area contributed by atoms with Crippen molar-refractivity contribution in [3.8, 4) is 11.5 Å². The third kappa shape index (κ3) is 4.53. The zero-order valence-corrected chi connectivity index (χ0v) is 20.6. The van der Waals surface area contributed by atoms with E-state index >= 15 is 0 Å². The Morgan fingerprint density at radius 3 is 2.23 bits per heavy atom. The molecule has 180 valence electrons. The number of aromatic hydroxyl groups is 1. The van der Waals surface area contributed by atoms with Crippen LogP contribution in [0.15, 0.2) is 81.7 Å². The molecule has 4 N–H and O–H groups in total. The van der Waals surface area contributed by atoms with Gasteiger partial charge in [-0.3, -0.25) is 14.5 Å². The van der Waals surface area contributed by atoms with Crippen LogP contribution in [0.25, 0.3) is 5.76 Å². The first-order valence-corrected chi connectivity index (χ1v) is 12.4. The molecule has 9 nitrogen and oxygen atoms in total. The number of halogens is 1. The molecule has 1 unspecified atom stereocenters. The van der Waals surface area contributed by atoms with Gasteiger partial charge in [-0.25, -0.2) is 13.6 Å². The third-order valence-electron chi connectivity index (χ3n) is 5.53. The van der Waals surface area contributed by atoms with Gasteiger partial charge in [-0.15, -0.1) is 0 Å². The van der Waals surface area contributed by atoms with Crippen molar-refractivity contribution in [2.75, 3.05) is 12.0 Å². The molecule has 1 heterocycles. The van der Waals surface area contributed by atoms with Gasteiger partial charge in [0.05, 0.1) is 23.6 Å². The molecule has 1 amide bonds. The van der Waals surface area contributed by atoms with Crippen LogP contribution in [0.1, 0.15) is 17.2 Å². The van der Waals surface area contributed by atoms with Crippen LogP contribution < -0.4 is 14.8 Å². The van der Waals surface area contributed by atoms with Crippen molar-refractivity contribution < 1.29 is 33.0 Å². The molecule has 0 bridgehead atoms. The maximum absolute atomic E-state index is 13.2. The van der Waals surface area contributed by atoms with Crippen molar-refractivity contribution in [3.63, 3.8) is 0 Å². The van der Waals surface area contributed by atoms with Crippen LogP contribution in [0.3, 0.4) is 0 Å². The fourth-order valence-electron chi connectivity index (χ4n) is 3.84. The van der Waals surface area contributed by atoms with Gasteiger partial charge >= 0.3 is 0 Å². The largest absolute Gasteiger partial charge is 0.507 e. The molecule has 4 rings (SSSR count). The number of amides is 1. The van der Waals surface area contributed by atoms with Gasteiger partial charge in [-0.05, 0) is 54.1 Å². The topological polar surface area (TPSA) is 147 Å². The summed E-state index contributed by atoms with van der Waals surface area (Å²) in [6.07, 6.45) is 0. The highest BCUT2D eigenvalue weighted by atomic mass is 79.9. The maximum Gasteiger partial charge on any atom is 0.300 e. The average molecular weight is 559 g/mol. The van der Waals surface area contributed by atoms with Crippen LogP contribution in [0, 0.1) is 0 Å². The Hall–Kier alpha value is -3.67. The van der Waals surface area contributed by atoms with Crippen LogP contribution >= 0.6 is 15.9 Å². The number of phenols is 1. The molecule has 1 saturated heterocycles. The fourth-order valence-corrected chi connectivity index (χ4v) is 4.62. The zero-order valence-electron chi connectivity index (χ0n) is 18.2. The second-order valence-electron chi connectivity index (χ2n) is 7.65. The van der Waals surface area contributed by atoms with Gasteiger partial charge in [-0.2, -0.15) is 0 Å². The van der Waals surface area contributed by atoms with Gasteiger partial charge in [-0.1, -0.05) is 34.1 Å². The van der Waals surface area contributed by atoms with Gasteiger partial charge in [0, 0.05) is 15.7 Å². The predicted molar refractivity (Wildman–Crippen MR) is 131 cm³/mol. The molecular formula is C24H19BrN2O7S. The zero-order chi connectivity index (χ0) is 25.5. The first-order chi connectivity index (χ1) is 16.5. The number of hydrogen-bond acceptors (Lipinski definition) is 7. The molecule has 0 spiro atoms. The smallest absolute Gasteiger partial charge is 0.300 e. The molecule has 3 aromatic rings. The van der Waals surface area contributed by atoms with Crippen molar-refractivity contribution in [2.24, 2.45) is 5.14 Å². The minimum atomic E-state index is -3.98. The summed E-state index contributed by atoms with van der Waals surface area (Å²) in [4.78, 5) is 27.4. The molecular weight excluding hydrogens is 540 g/mol. The van der Waals surface area contributed by atoms with Gasteiger partial charge < -0.3 is 14.9 Å². The van der Waals surface area contributed by atoms with E-state index in [4.69, 9.17) is 9.88 Å². The Morgan fingerprint density at radius 1 is 1.03 bits per heavy atom. The second-order valence-corrected chi connectivity index (χ2v) is 10.1. The Bertz CT molecular complexity index is 1470. The van der Waals surface area contributed by atoms with Crippen LogP contribution in [-0.4, -0.2) is 37.4 Å². The number of benzene rings is 3. The molecule has 0 aromatic heterocycles. The summed E-state index contributed by atoms with van der Waals surface area (Å²) < 4.78 is 29.2. The van der Waals surface area contributed by atoms with E-state index in [1.807, 2.05) is 0 Å². The van der Waals surface area contributed by atoms with Crippen molar-refractivity contribution >= 4 is 49.1 Å². The number of methoxy groups -OCH3 is 1. The van der Waals surface area contributed by atoms with E-state index in [0.29, 0.717) is 11.1 Å². The number of carbonyl (C=O) groups is 2. The number of Topliss-reactive ketones (excluding diaryl/α,β-unsaturated/α-hetero) is 1. The van der Waals surface area contributed by atoms with Gasteiger partial charge in [0.2, 0.25) is 10.0 Å². The van der Waals surface area contributed by atoms with Crippen LogP contribution in [0.4, 0.5) is 5.69 Å². The standard InChI is InChI=1S/C24H19BrN2O7S/c1-34-19-12-14(4-11-18(19)28)21-20(22(29)13-2-5-15(25)6-3-13)23(30)24(31)27(21)16-7-9-17(10-8-16)35(26,32)33/h2-12,21,28-29H,1H3,(H2,26,32,33)/b22-20+. The summed E-state index contributed by atoms with van der Waals surface area (Å²) in [6.45, 7) is 0. The molecule has 35 heavy (non-hydrogen) atoms. The number of ketones is 1. The third-order valence-corrected chi connectivity index (χ3v) is 6.98. The fraction of sp³-hybridized carbons (Fsp3) is 0.0833. The molecule has 11 heteroatoms. The van der Waals surface area contributed by atoms with E-state index in [1.165, 1.54) is 49.6 Å². The second kappa shape index (κ2) is 9.17. The number of ether oxygens (including phenoxy) is 1. The van der Waals surface area contributed by atoms with E-state index in [1.54, 1.807) is 24.3 Å². The number of sulfonamides is 1. The Balaban J connectivity index is 1.95. The quantitative estimate of drug-likeness (QED) is 0.247. The summed E-state index contributed by atoms with van der Waals surface area (Å²) in [7, 11) is -2.63. The number of hydrogen-bond donors (Lipinski definition) is 3. The minimum Gasteiger partial charge on any atom is -0.507 e. The number of carbonyl (C=O) groups excluding carboxylic acids is 2. The van der Waals surface area contributed by atoms with E-state index < -0.39 is 33.5 Å². The molecule has 0 aliphatic carbocycles. The monoisotopic (exact) mass is 558 g/mol. The Morgan fingerprint density at radius 2 is 1.66 bits per heavy atom. The number of rotatable bonds is 5. The van der Waals surface area contributed by atoms with E-state index in [-0.39, 0.29) is 27.7 Å². The summed E-state index contributed by atoms with van der Waals surface area (Å²) in [6, 6.07) is 14.8. The molecule has 1 fully saturated rings. The highest BCUT2D eigenvalue weighted by Gasteiger charge is 2.47. The number of nitrogens with zero attached hydrogens (tertiary/aromatic N) is 1. The van der Waals surface area contributed by atoms with E-state index in [2.05, 4.69) is 15.9 Å². The summed E-state index contributed by atoms with van der Waals surface area (Å²) >= 11 is 3.31. The maximum atomic E-state index is 13.2. The predicted octanol–water partition coefficient (Wildman–Crippen LogP) is 3.44. The molecule has 3 aromatic carbocycles. The molecule has 0 radical (unpaired) electrons. The number of anilines is 1. The molecule has 1 atom stereocenters. The Labute approximate surface area is 209 Å². The Kier molecular flexibility index (Phi) is 6.41. The lowest BCUT2D eigenvalue weighted by Crippen LogP contribution is -2.29. The summed E-state index contributed by atoms with van der Waals surface area (Å²) in [5, 5.41) is 26.3. The highest BCUT2D eigenvalue weighted by molar-refractivity contribution is 9.10. The average Bonchev–Trinajstić information content (AvgIpc) is 3.09. The number of phenolic OH excluding ortho intramolecular Hbond substituents is 1. The van der Waals surface area contributed by atoms with Crippen LogP contribution in [0.2, 0.25) is 0 Å². The molecule has 1 aliphatic heterocycles. The normalized spacial score (nSPS) is 17.6. The van der Waals surface area contributed by atoms with E-state index in [0.717, 1.165) is 9.37 Å². The van der Waals surface area contributed by atoms with Crippen molar-refractivity contribution in [2.45, 2.75) is 10.9 Å². The SMILES string of the molecule is COc1cc(C2/C(=C(\O)c3ccc(Br)cc3)C(=O)C(=O)N2c2ccc(S(N)(=O)=O)cc2)ccc1O. The van der Waals surface area contributed by atoms with E-state index in [9.17, 15) is 28.2 Å². The number of aliphatic hydroxyl groups excluding tert-OH is 1. The van der Waals surface area contributed by atoms with Gasteiger partial charge in [0.15, 0.2) is 11.5 Å². The highest BCUT2D eigenvalue weighted by Crippen LogP contribution is 2.44. The first kappa shape index (κ1) is 24.5. The number of primary sulfonamides is 1. The van der Waals surface area contributed by atoms with Crippen LogP contribution in [0.5, 0.6) is 11.5 Å². The lowest BCUT2D eigenvalue weighted by Gasteiger charge is -2.26. The van der Waals surface area contributed by atoms with Gasteiger partial charge in [0.1, 0.15) is 5.76 Å². The summed E-state index contributed by atoms with van der Waals surface area (Å²) in [5.74, 6) is -2.31. The summed E-state index contributed by atoms with van der Waals surface area (Å²) in [5.41, 5.74) is 0.700. The number of aliphatic hydroxyl groups is 1. The lowest BCUT2D eigenvalue weighted by atomic mass is 9.95. The first-order valence-electron chi connectivity index (χ1n) is 10.1. The number of nitrogens with two attached hydrogens (primary N) is 1. The lowest BCUT2D eigenvalue weighted by molar-refractivity contribution is -0.132. The minimum absolute atomic E-state index is 0.0984. The van der Waals surface area contributed by atoms with Crippen molar-refractivity contribution in [1.82, 2.24) is 0 Å². The van der Waals surface area contributed by atoms with Gasteiger partial charge in [0.25, 0.3) is 11.7 Å². The van der Waals surface area contributed by atoms with Crippen molar-refractivity contribution in [3.05, 3.63) is 87.9 Å². The van der Waals surface area contributed by atoms with Crippen molar-refractivity contribution in [1.29, 1.82) is 0 Å².